The Kier molecular flexibility index (Phi) is 2.60. The lowest BCUT2D eigenvalue weighted by molar-refractivity contribution is -0.144. The fourth-order valence-corrected chi connectivity index (χ4v) is 2.14. The van der Waals surface area contributed by atoms with Gasteiger partial charge in [0.2, 0.25) is 5.82 Å². The van der Waals surface area contributed by atoms with Gasteiger partial charge in [-0.25, -0.2) is 9.97 Å². The van der Waals surface area contributed by atoms with Crippen molar-refractivity contribution in [3.05, 3.63) is 47.4 Å². The van der Waals surface area contributed by atoms with Crippen LogP contribution in [0.25, 0.3) is 21.7 Å². The predicted molar refractivity (Wildman–Crippen MR) is 67.1 cm³/mol. The minimum absolute atomic E-state index is 0.186. The monoisotopic (exact) mass is 282 g/mol. The predicted octanol–water partition coefficient (Wildman–Crippen LogP) is 4.46. The molecule has 0 radical (unpaired) electrons. The smallest absolute Gasteiger partial charge is 0.224 e. The van der Waals surface area contributed by atoms with Gasteiger partial charge in [0, 0.05) is 5.39 Å². The minimum atomic E-state index is -4.61. The summed E-state index contributed by atoms with van der Waals surface area (Å²) in [7, 11) is 0. The summed E-state index contributed by atoms with van der Waals surface area (Å²) in [6.07, 6.45) is -4.61. The first-order valence-corrected chi connectivity index (χ1v) is 5.76. The highest BCUT2D eigenvalue weighted by molar-refractivity contribution is 6.34. The van der Waals surface area contributed by atoms with E-state index in [0.717, 1.165) is 10.8 Å². The summed E-state index contributed by atoms with van der Waals surface area (Å²) in [5.41, 5.74) is 0.186. The van der Waals surface area contributed by atoms with Gasteiger partial charge < -0.3 is 0 Å². The lowest BCUT2D eigenvalue weighted by Crippen LogP contribution is -2.11. The molecule has 0 aliphatic rings. The third kappa shape index (κ3) is 2.10. The lowest BCUT2D eigenvalue weighted by Gasteiger charge is -2.08. The average Bonchev–Trinajstić information content (AvgIpc) is 2.35. The van der Waals surface area contributed by atoms with E-state index in [2.05, 4.69) is 9.97 Å². The highest BCUT2D eigenvalue weighted by atomic mass is 35.5. The lowest BCUT2D eigenvalue weighted by atomic mass is 10.1. The molecule has 2 aromatic carbocycles. The molecule has 0 amide bonds. The van der Waals surface area contributed by atoms with Gasteiger partial charge in [0.05, 0.1) is 5.52 Å². The van der Waals surface area contributed by atoms with Crippen LogP contribution in [0.2, 0.25) is 5.15 Å². The van der Waals surface area contributed by atoms with Crippen LogP contribution in [0.4, 0.5) is 13.2 Å². The Balaban J connectivity index is 2.38. The van der Waals surface area contributed by atoms with Gasteiger partial charge in [-0.1, -0.05) is 35.9 Å². The van der Waals surface area contributed by atoms with Gasteiger partial charge in [0.1, 0.15) is 5.15 Å². The van der Waals surface area contributed by atoms with Gasteiger partial charge in [0.15, 0.2) is 0 Å². The molecule has 0 unspecified atom stereocenters. The molecule has 0 atom stereocenters. The van der Waals surface area contributed by atoms with Crippen LogP contribution in [0.1, 0.15) is 5.82 Å². The Labute approximate surface area is 110 Å². The van der Waals surface area contributed by atoms with Gasteiger partial charge in [-0.2, -0.15) is 13.2 Å². The molecular formula is C13H6ClF3N2. The van der Waals surface area contributed by atoms with Crippen LogP contribution >= 0.6 is 11.6 Å². The van der Waals surface area contributed by atoms with Crippen molar-refractivity contribution in [2.75, 3.05) is 0 Å². The molecule has 1 aromatic heterocycles. The zero-order valence-corrected chi connectivity index (χ0v) is 10.1. The maximum Gasteiger partial charge on any atom is 0.451 e. The van der Waals surface area contributed by atoms with E-state index < -0.39 is 12.0 Å². The van der Waals surface area contributed by atoms with Crippen LogP contribution in [0.15, 0.2) is 36.4 Å². The van der Waals surface area contributed by atoms with Crippen molar-refractivity contribution in [2.45, 2.75) is 6.18 Å². The summed E-state index contributed by atoms with van der Waals surface area (Å²) < 4.78 is 37.9. The molecule has 0 saturated heterocycles. The number of fused-ring (bicyclic) bond motifs is 2. The van der Waals surface area contributed by atoms with Gasteiger partial charge in [-0.05, 0) is 22.9 Å². The summed E-state index contributed by atoms with van der Waals surface area (Å²) in [5, 5.41) is 1.90. The fourth-order valence-electron chi connectivity index (χ4n) is 1.91. The molecule has 3 aromatic rings. The van der Waals surface area contributed by atoms with Crippen molar-refractivity contribution in [3.8, 4) is 0 Å². The first-order chi connectivity index (χ1) is 8.95. The Morgan fingerprint density at radius 3 is 2.21 bits per heavy atom. The van der Waals surface area contributed by atoms with E-state index in [-0.39, 0.29) is 10.7 Å². The molecule has 0 spiro atoms. The van der Waals surface area contributed by atoms with Crippen molar-refractivity contribution in [2.24, 2.45) is 0 Å². The second-order valence-electron chi connectivity index (χ2n) is 4.05. The molecule has 6 heteroatoms. The number of halogens is 4. The van der Waals surface area contributed by atoms with Crippen LogP contribution < -0.4 is 0 Å². The van der Waals surface area contributed by atoms with Gasteiger partial charge >= 0.3 is 6.18 Å². The standard InChI is InChI=1S/C13H6ClF3N2/c14-11-9-5-7-3-1-2-4-8(7)6-10(9)18-12(19-11)13(15,16)17/h1-6H. The number of alkyl halides is 3. The van der Waals surface area contributed by atoms with Crippen LogP contribution in [0, 0.1) is 0 Å². The van der Waals surface area contributed by atoms with Crippen molar-refractivity contribution in [1.82, 2.24) is 9.97 Å². The summed E-state index contributed by atoms with van der Waals surface area (Å²) in [5.74, 6) is -1.22. The second-order valence-corrected chi connectivity index (χ2v) is 4.41. The van der Waals surface area contributed by atoms with E-state index in [1.165, 1.54) is 0 Å². The van der Waals surface area contributed by atoms with Crippen LogP contribution in [-0.2, 0) is 6.18 Å². The van der Waals surface area contributed by atoms with Crippen molar-refractivity contribution >= 4 is 33.3 Å². The van der Waals surface area contributed by atoms with Crippen molar-refractivity contribution in [1.29, 1.82) is 0 Å². The highest BCUT2D eigenvalue weighted by Gasteiger charge is 2.35. The molecule has 96 valence electrons. The molecule has 3 rings (SSSR count). The fraction of sp³-hybridized carbons (Fsp3) is 0.0769. The average molecular weight is 283 g/mol. The zero-order valence-electron chi connectivity index (χ0n) is 9.37. The Morgan fingerprint density at radius 2 is 1.58 bits per heavy atom. The molecule has 2 nitrogen and oxygen atoms in total. The van der Waals surface area contributed by atoms with E-state index in [4.69, 9.17) is 11.6 Å². The number of rotatable bonds is 0. The van der Waals surface area contributed by atoms with Crippen LogP contribution in [0.5, 0.6) is 0 Å². The largest absolute Gasteiger partial charge is 0.451 e. The normalized spacial score (nSPS) is 12.2. The maximum absolute atomic E-state index is 12.6. The number of benzene rings is 2. The topological polar surface area (TPSA) is 25.8 Å². The molecule has 1 heterocycles. The third-order valence-electron chi connectivity index (χ3n) is 2.77. The van der Waals surface area contributed by atoms with Gasteiger partial charge in [0.25, 0.3) is 0 Å². The Bertz CT molecular complexity index is 784. The summed E-state index contributed by atoms with van der Waals surface area (Å²) in [6, 6.07) is 10.6. The third-order valence-corrected chi connectivity index (χ3v) is 3.06. The molecule has 0 aliphatic heterocycles. The quantitative estimate of drug-likeness (QED) is 0.449. The number of hydrogen-bond acceptors (Lipinski definition) is 2. The first-order valence-electron chi connectivity index (χ1n) is 5.38. The molecule has 0 N–H and O–H groups in total. The van der Waals surface area contributed by atoms with Crippen molar-refractivity contribution in [3.63, 3.8) is 0 Å². The zero-order chi connectivity index (χ0) is 13.6. The van der Waals surface area contributed by atoms with E-state index in [1.807, 2.05) is 18.2 Å². The van der Waals surface area contributed by atoms with Crippen LogP contribution in [-0.4, -0.2) is 9.97 Å². The first kappa shape index (κ1) is 12.2. The van der Waals surface area contributed by atoms with Gasteiger partial charge in [-0.3, -0.25) is 0 Å². The van der Waals surface area contributed by atoms with Crippen LogP contribution in [0.3, 0.4) is 0 Å². The second kappa shape index (κ2) is 4.06. The minimum Gasteiger partial charge on any atom is -0.224 e. The number of hydrogen-bond donors (Lipinski definition) is 0. The Morgan fingerprint density at radius 1 is 0.947 bits per heavy atom. The molecule has 0 fully saturated rings. The summed E-state index contributed by atoms with van der Waals surface area (Å²) >= 11 is 5.82. The van der Waals surface area contributed by atoms with E-state index in [1.54, 1.807) is 18.2 Å². The van der Waals surface area contributed by atoms with E-state index >= 15 is 0 Å². The molecule has 0 saturated carbocycles. The number of nitrogens with zero attached hydrogens (tertiary/aromatic N) is 2. The molecule has 19 heavy (non-hydrogen) atoms. The molecular weight excluding hydrogens is 277 g/mol. The molecule has 0 aliphatic carbocycles. The maximum atomic E-state index is 12.6. The molecule has 0 bridgehead atoms. The number of aromatic nitrogens is 2. The Hall–Kier alpha value is -1.88. The van der Waals surface area contributed by atoms with E-state index in [0.29, 0.717) is 5.39 Å². The summed E-state index contributed by atoms with van der Waals surface area (Å²) in [6.45, 7) is 0. The highest BCUT2D eigenvalue weighted by Crippen LogP contribution is 2.31. The van der Waals surface area contributed by atoms with Crippen molar-refractivity contribution < 1.29 is 13.2 Å². The van der Waals surface area contributed by atoms with E-state index in [9.17, 15) is 13.2 Å². The SMILES string of the molecule is FC(F)(F)c1nc(Cl)c2cc3ccccc3cc2n1. The van der Waals surface area contributed by atoms with Gasteiger partial charge in [-0.15, -0.1) is 0 Å². The summed E-state index contributed by atoms with van der Waals surface area (Å²) in [4.78, 5) is 6.85.